The number of rotatable bonds is 1. The van der Waals surface area contributed by atoms with Crippen molar-refractivity contribution in [2.24, 2.45) is 0 Å². The first-order valence-corrected chi connectivity index (χ1v) is 3.23. The summed E-state index contributed by atoms with van der Waals surface area (Å²) in [7, 11) is 0. The van der Waals surface area contributed by atoms with E-state index in [4.69, 9.17) is 0 Å². The summed E-state index contributed by atoms with van der Waals surface area (Å²) < 4.78 is 0. The minimum atomic E-state index is -0.535. The first kappa shape index (κ1) is 6.77. The van der Waals surface area contributed by atoms with Gasteiger partial charge in [0.15, 0.2) is 11.0 Å². The molecule has 2 aromatic heterocycles. The molecular weight excluding hydrogens is 162 g/mol. The highest BCUT2D eigenvalue weighted by Crippen LogP contribution is 2.20. The third-order valence-corrected chi connectivity index (χ3v) is 1.61. The highest BCUT2D eigenvalue weighted by molar-refractivity contribution is 5.83. The van der Waals surface area contributed by atoms with E-state index < -0.39 is 4.92 Å². The van der Waals surface area contributed by atoms with Crippen LogP contribution in [0.25, 0.3) is 11.0 Å². The molecule has 62 valence electrons. The van der Waals surface area contributed by atoms with Crippen molar-refractivity contribution >= 4 is 16.9 Å². The third-order valence-electron chi connectivity index (χ3n) is 1.61. The Balaban J connectivity index is 2.79. The Morgan fingerprint density at radius 2 is 2.17 bits per heavy atom. The van der Waals surface area contributed by atoms with Crippen molar-refractivity contribution in [1.82, 2.24) is 20.4 Å². The van der Waals surface area contributed by atoms with Crippen molar-refractivity contribution < 1.29 is 4.92 Å². The number of fused-ring (bicyclic) bond motifs is 1. The summed E-state index contributed by atoms with van der Waals surface area (Å²) in [6.07, 6.45) is 0. The topological polar surface area (TPSA) is 100 Å². The maximum Gasteiger partial charge on any atom is 0.368 e. The Labute approximate surface area is 65.9 Å². The fourth-order valence-corrected chi connectivity index (χ4v) is 1.03. The van der Waals surface area contributed by atoms with Crippen molar-refractivity contribution in [3.63, 3.8) is 0 Å². The van der Waals surface area contributed by atoms with Crippen LogP contribution >= 0.6 is 0 Å². The van der Waals surface area contributed by atoms with Crippen LogP contribution in [0.1, 0.15) is 5.69 Å². The summed E-state index contributed by atoms with van der Waals surface area (Å²) in [5.74, 6) is -0.148. The van der Waals surface area contributed by atoms with Crippen molar-refractivity contribution in [3.05, 3.63) is 15.8 Å². The zero-order valence-corrected chi connectivity index (χ0v) is 6.16. The van der Waals surface area contributed by atoms with E-state index in [0.717, 1.165) is 0 Å². The maximum atomic E-state index is 10.4. The number of hydrogen-bond acceptors (Lipinski definition) is 4. The van der Waals surface area contributed by atoms with Gasteiger partial charge in [0.05, 0.1) is 5.69 Å². The molecule has 0 saturated heterocycles. The fourth-order valence-electron chi connectivity index (χ4n) is 1.03. The molecule has 0 saturated carbocycles. The molecule has 2 rings (SSSR count). The molecular formula is C5H5N5O2. The molecule has 2 aromatic rings. The zero-order valence-electron chi connectivity index (χ0n) is 6.16. The smallest absolute Gasteiger partial charge is 0.358 e. The van der Waals surface area contributed by atoms with E-state index >= 15 is 0 Å². The standard InChI is InChI=1S/C5H5N5O2/c1-2-3-4(8-6-2)5(9-7-3)10(11)12/h1H3,(H,6,8)(H,7,9). The second-order valence-corrected chi connectivity index (χ2v) is 2.36. The predicted octanol–water partition coefficient (Wildman–Crippen LogP) is 0.503. The van der Waals surface area contributed by atoms with Crippen molar-refractivity contribution in [2.45, 2.75) is 6.92 Å². The first-order valence-electron chi connectivity index (χ1n) is 3.23. The summed E-state index contributed by atoms with van der Waals surface area (Å²) in [6, 6.07) is 0. The van der Waals surface area contributed by atoms with Gasteiger partial charge in [-0.2, -0.15) is 5.10 Å². The number of nitrogens with one attached hydrogen (secondary N) is 2. The van der Waals surface area contributed by atoms with E-state index in [-0.39, 0.29) is 5.82 Å². The van der Waals surface area contributed by atoms with Crippen LogP contribution in [0.3, 0.4) is 0 Å². The third kappa shape index (κ3) is 0.698. The monoisotopic (exact) mass is 167 g/mol. The van der Waals surface area contributed by atoms with Crippen molar-refractivity contribution in [1.29, 1.82) is 0 Å². The molecule has 0 spiro atoms. The van der Waals surface area contributed by atoms with E-state index in [1.807, 2.05) is 0 Å². The summed E-state index contributed by atoms with van der Waals surface area (Å²) in [6.45, 7) is 1.73. The SMILES string of the molecule is Cc1n[nH]c2c([N+](=O)[O-])[nH]nc12. The summed E-state index contributed by atoms with van der Waals surface area (Å²) in [5.41, 5.74) is 1.51. The Kier molecular flexibility index (Phi) is 1.15. The molecule has 12 heavy (non-hydrogen) atoms. The van der Waals surface area contributed by atoms with Gasteiger partial charge in [0.2, 0.25) is 0 Å². The largest absolute Gasteiger partial charge is 0.368 e. The summed E-state index contributed by atoms with van der Waals surface area (Å²) >= 11 is 0. The number of aromatic nitrogens is 4. The molecule has 0 aliphatic rings. The van der Waals surface area contributed by atoms with Gasteiger partial charge in [-0.1, -0.05) is 5.10 Å². The van der Waals surface area contributed by atoms with E-state index in [0.29, 0.717) is 16.7 Å². The van der Waals surface area contributed by atoms with Gasteiger partial charge in [-0.25, -0.2) is 0 Å². The van der Waals surface area contributed by atoms with E-state index in [1.165, 1.54) is 0 Å². The van der Waals surface area contributed by atoms with E-state index in [1.54, 1.807) is 6.92 Å². The van der Waals surface area contributed by atoms with Crippen molar-refractivity contribution in [2.75, 3.05) is 0 Å². The molecule has 0 amide bonds. The molecule has 0 aliphatic carbocycles. The van der Waals surface area contributed by atoms with Gasteiger partial charge in [0.25, 0.3) is 0 Å². The van der Waals surface area contributed by atoms with Gasteiger partial charge < -0.3 is 10.1 Å². The molecule has 2 heterocycles. The molecule has 2 N–H and O–H groups in total. The van der Waals surface area contributed by atoms with Gasteiger partial charge >= 0.3 is 5.82 Å². The number of H-pyrrole nitrogens is 2. The molecule has 0 aliphatic heterocycles. The van der Waals surface area contributed by atoms with Gasteiger partial charge in [-0.3, -0.25) is 5.10 Å². The molecule has 7 nitrogen and oxygen atoms in total. The average molecular weight is 167 g/mol. The molecule has 0 fully saturated rings. The molecule has 0 unspecified atom stereocenters. The van der Waals surface area contributed by atoms with Crippen LogP contribution < -0.4 is 0 Å². The zero-order chi connectivity index (χ0) is 8.72. The maximum absolute atomic E-state index is 10.4. The van der Waals surface area contributed by atoms with Crippen LogP contribution in [0.4, 0.5) is 5.82 Å². The molecule has 0 bridgehead atoms. The first-order chi connectivity index (χ1) is 5.70. The Bertz CT molecular complexity index is 442. The minimum absolute atomic E-state index is 0.148. The van der Waals surface area contributed by atoms with Crippen LogP contribution in [0, 0.1) is 17.0 Å². The summed E-state index contributed by atoms with van der Waals surface area (Å²) in [4.78, 5) is 9.84. The highest BCUT2D eigenvalue weighted by Gasteiger charge is 2.18. The van der Waals surface area contributed by atoms with E-state index in [2.05, 4.69) is 20.4 Å². The van der Waals surface area contributed by atoms with Crippen LogP contribution in [0.15, 0.2) is 0 Å². The molecule has 0 aromatic carbocycles. The van der Waals surface area contributed by atoms with Crippen LogP contribution in [0.2, 0.25) is 0 Å². The molecule has 0 atom stereocenters. The van der Waals surface area contributed by atoms with Gasteiger partial charge in [-0.05, 0) is 11.8 Å². The van der Waals surface area contributed by atoms with E-state index in [9.17, 15) is 10.1 Å². The Morgan fingerprint density at radius 3 is 2.83 bits per heavy atom. The number of aromatic amines is 2. The predicted molar refractivity (Wildman–Crippen MR) is 39.6 cm³/mol. The molecule has 7 heteroatoms. The van der Waals surface area contributed by atoms with Gasteiger partial charge in [0, 0.05) is 0 Å². The van der Waals surface area contributed by atoms with Crippen molar-refractivity contribution in [3.8, 4) is 0 Å². The van der Waals surface area contributed by atoms with Crippen LogP contribution in [-0.4, -0.2) is 25.3 Å². The lowest BCUT2D eigenvalue weighted by Gasteiger charge is -1.85. The number of nitro groups is 1. The number of nitrogens with zero attached hydrogens (tertiary/aromatic N) is 3. The van der Waals surface area contributed by atoms with Gasteiger partial charge in [-0.15, -0.1) is 5.10 Å². The lowest BCUT2D eigenvalue weighted by atomic mass is 10.4. The molecule has 0 radical (unpaired) electrons. The second-order valence-electron chi connectivity index (χ2n) is 2.36. The normalized spacial score (nSPS) is 10.8. The Morgan fingerprint density at radius 1 is 1.42 bits per heavy atom. The number of hydrogen-bond donors (Lipinski definition) is 2. The lowest BCUT2D eigenvalue weighted by molar-refractivity contribution is -0.388. The van der Waals surface area contributed by atoms with Crippen LogP contribution in [0.5, 0.6) is 0 Å². The van der Waals surface area contributed by atoms with Gasteiger partial charge in [0.1, 0.15) is 0 Å². The average Bonchev–Trinajstić information content (AvgIpc) is 2.53. The van der Waals surface area contributed by atoms with Crippen LogP contribution in [-0.2, 0) is 0 Å². The highest BCUT2D eigenvalue weighted by atomic mass is 16.6. The number of aryl methyl sites for hydroxylation is 1. The fraction of sp³-hybridized carbons (Fsp3) is 0.200. The lowest BCUT2D eigenvalue weighted by Crippen LogP contribution is -1.88. The Hall–Kier alpha value is -1.92. The summed E-state index contributed by atoms with van der Waals surface area (Å²) in [5, 5.41) is 22.7. The second kappa shape index (κ2) is 2.03. The quantitative estimate of drug-likeness (QED) is 0.477. The minimum Gasteiger partial charge on any atom is -0.358 e.